The summed E-state index contributed by atoms with van der Waals surface area (Å²) in [5, 5.41) is 3.56. The summed E-state index contributed by atoms with van der Waals surface area (Å²) in [6.07, 6.45) is 5.90. The van der Waals surface area contributed by atoms with E-state index in [0.29, 0.717) is 12.2 Å². The summed E-state index contributed by atoms with van der Waals surface area (Å²) in [4.78, 5) is 4.97. The summed E-state index contributed by atoms with van der Waals surface area (Å²) in [6.45, 7) is 11.2. The minimum absolute atomic E-state index is 0.190. The van der Waals surface area contributed by atoms with E-state index in [4.69, 9.17) is 4.74 Å². The van der Waals surface area contributed by atoms with Gasteiger partial charge in [-0.15, -0.1) is 0 Å². The van der Waals surface area contributed by atoms with Gasteiger partial charge in [-0.05, 0) is 73.6 Å². The van der Waals surface area contributed by atoms with Crippen molar-refractivity contribution >= 4 is 0 Å². The van der Waals surface area contributed by atoms with Gasteiger partial charge in [-0.25, -0.2) is 0 Å². The predicted octanol–water partition coefficient (Wildman–Crippen LogP) is 1.95. The van der Waals surface area contributed by atoms with Gasteiger partial charge in [0.1, 0.15) is 0 Å². The van der Waals surface area contributed by atoms with Gasteiger partial charge >= 0.3 is 0 Å². The molecule has 0 aromatic carbocycles. The van der Waals surface area contributed by atoms with Crippen LogP contribution in [0.15, 0.2) is 0 Å². The largest absolute Gasteiger partial charge is 0.372 e. The Morgan fingerprint density at radius 2 is 1.67 bits per heavy atom. The van der Waals surface area contributed by atoms with Crippen molar-refractivity contribution in [2.45, 2.75) is 70.2 Å². The standard InChI is InChI=1S/C17H35N3O/c1-17(2,3)18-12-15-6-7-16(21-15)13-20-10-8-14(9-11-20)19(4)5/h14-16,18H,6-13H2,1-5H3. The van der Waals surface area contributed by atoms with Crippen LogP contribution in [0.1, 0.15) is 46.5 Å². The van der Waals surface area contributed by atoms with Crippen LogP contribution in [0.2, 0.25) is 0 Å². The molecule has 2 aliphatic rings. The van der Waals surface area contributed by atoms with Gasteiger partial charge in [0.2, 0.25) is 0 Å². The van der Waals surface area contributed by atoms with Gasteiger partial charge in [-0.3, -0.25) is 0 Å². The topological polar surface area (TPSA) is 27.7 Å². The molecular formula is C17H35N3O. The summed E-state index contributed by atoms with van der Waals surface area (Å²) >= 11 is 0. The highest BCUT2D eigenvalue weighted by atomic mass is 16.5. The fourth-order valence-corrected chi connectivity index (χ4v) is 3.39. The molecule has 2 saturated heterocycles. The van der Waals surface area contributed by atoms with Gasteiger partial charge in [0, 0.05) is 24.7 Å². The SMILES string of the molecule is CN(C)C1CCN(CC2CCC(CNC(C)(C)C)O2)CC1. The van der Waals surface area contributed by atoms with E-state index in [-0.39, 0.29) is 5.54 Å². The molecule has 0 spiro atoms. The van der Waals surface area contributed by atoms with Crippen molar-refractivity contribution in [3.63, 3.8) is 0 Å². The molecule has 2 aliphatic heterocycles. The van der Waals surface area contributed by atoms with Crippen LogP contribution in [0.4, 0.5) is 0 Å². The van der Waals surface area contributed by atoms with Gasteiger partial charge < -0.3 is 19.9 Å². The Labute approximate surface area is 131 Å². The summed E-state index contributed by atoms with van der Waals surface area (Å²) < 4.78 is 6.22. The molecule has 2 fully saturated rings. The Morgan fingerprint density at radius 3 is 2.24 bits per heavy atom. The lowest BCUT2D eigenvalue weighted by molar-refractivity contribution is 0.0128. The second kappa shape index (κ2) is 7.40. The van der Waals surface area contributed by atoms with Crippen LogP contribution in [0, 0.1) is 0 Å². The minimum Gasteiger partial charge on any atom is -0.372 e. The predicted molar refractivity (Wildman–Crippen MR) is 88.8 cm³/mol. The molecule has 2 heterocycles. The van der Waals surface area contributed by atoms with Crippen molar-refractivity contribution in [2.75, 3.05) is 40.3 Å². The summed E-state index contributed by atoms with van der Waals surface area (Å²) in [6, 6.07) is 0.773. The molecule has 0 aliphatic carbocycles. The summed E-state index contributed by atoms with van der Waals surface area (Å²) in [5.74, 6) is 0. The second-order valence-electron chi connectivity index (χ2n) is 8.08. The van der Waals surface area contributed by atoms with E-state index in [1.807, 2.05) is 0 Å². The zero-order valence-electron chi connectivity index (χ0n) is 14.7. The Bertz CT molecular complexity index is 306. The molecule has 4 heteroatoms. The van der Waals surface area contributed by atoms with Crippen molar-refractivity contribution in [3.8, 4) is 0 Å². The van der Waals surface area contributed by atoms with Crippen LogP contribution in [-0.2, 0) is 4.74 Å². The highest BCUT2D eigenvalue weighted by molar-refractivity contribution is 4.83. The maximum atomic E-state index is 6.22. The fourth-order valence-electron chi connectivity index (χ4n) is 3.39. The van der Waals surface area contributed by atoms with Crippen molar-refractivity contribution in [3.05, 3.63) is 0 Å². The lowest BCUT2D eigenvalue weighted by Gasteiger charge is -2.36. The highest BCUT2D eigenvalue weighted by Crippen LogP contribution is 2.22. The molecule has 0 saturated carbocycles. The van der Waals surface area contributed by atoms with E-state index in [1.54, 1.807) is 0 Å². The van der Waals surface area contributed by atoms with Gasteiger partial charge in [-0.2, -0.15) is 0 Å². The van der Waals surface area contributed by atoms with Crippen molar-refractivity contribution < 1.29 is 4.74 Å². The van der Waals surface area contributed by atoms with Crippen LogP contribution >= 0.6 is 0 Å². The lowest BCUT2D eigenvalue weighted by Crippen LogP contribution is -2.45. The Morgan fingerprint density at radius 1 is 1.05 bits per heavy atom. The summed E-state index contributed by atoms with van der Waals surface area (Å²) in [7, 11) is 4.40. The molecule has 1 N–H and O–H groups in total. The summed E-state index contributed by atoms with van der Waals surface area (Å²) in [5.41, 5.74) is 0.190. The molecule has 0 amide bonds. The molecule has 2 rings (SSSR count). The third-order valence-electron chi connectivity index (χ3n) is 4.80. The van der Waals surface area contributed by atoms with E-state index in [9.17, 15) is 0 Å². The molecule has 4 nitrogen and oxygen atoms in total. The van der Waals surface area contributed by atoms with Crippen LogP contribution in [0.3, 0.4) is 0 Å². The molecule has 0 bridgehead atoms. The molecule has 21 heavy (non-hydrogen) atoms. The normalized spacial score (nSPS) is 29.4. The molecule has 2 unspecified atom stereocenters. The number of likely N-dealkylation sites (tertiary alicyclic amines) is 1. The van der Waals surface area contributed by atoms with Crippen molar-refractivity contribution in [1.82, 2.24) is 15.1 Å². The zero-order valence-corrected chi connectivity index (χ0v) is 14.7. The first-order chi connectivity index (χ1) is 9.83. The van der Waals surface area contributed by atoms with Gasteiger partial charge in [0.25, 0.3) is 0 Å². The van der Waals surface area contributed by atoms with Crippen LogP contribution < -0.4 is 5.32 Å². The number of piperidine rings is 1. The number of nitrogens with zero attached hydrogens (tertiary/aromatic N) is 2. The first-order valence-electron chi connectivity index (χ1n) is 8.63. The first kappa shape index (κ1) is 17.2. The Balaban J connectivity index is 1.64. The zero-order chi connectivity index (χ0) is 15.5. The van der Waals surface area contributed by atoms with E-state index < -0.39 is 0 Å². The fraction of sp³-hybridized carbons (Fsp3) is 1.00. The average molecular weight is 297 g/mol. The van der Waals surface area contributed by atoms with Gasteiger partial charge in [0.05, 0.1) is 12.2 Å². The monoisotopic (exact) mass is 297 g/mol. The molecule has 0 aromatic rings. The van der Waals surface area contributed by atoms with E-state index >= 15 is 0 Å². The maximum Gasteiger partial charge on any atom is 0.0707 e. The molecule has 0 aromatic heterocycles. The molecular weight excluding hydrogens is 262 g/mol. The second-order valence-corrected chi connectivity index (χ2v) is 8.08. The van der Waals surface area contributed by atoms with Crippen LogP contribution in [-0.4, -0.2) is 73.9 Å². The average Bonchev–Trinajstić information content (AvgIpc) is 2.84. The Hall–Kier alpha value is -0.160. The van der Waals surface area contributed by atoms with Crippen LogP contribution in [0.25, 0.3) is 0 Å². The van der Waals surface area contributed by atoms with E-state index in [1.165, 1.54) is 38.8 Å². The molecule has 2 atom stereocenters. The number of nitrogens with one attached hydrogen (secondary N) is 1. The smallest absolute Gasteiger partial charge is 0.0707 e. The van der Waals surface area contributed by atoms with Gasteiger partial charge in [-0.1, -0.05) is 0 Å². The van der Waals surface area contributed by atoms with E-state index in [0.717, 1.165) is 19.1 Å². The quantitative estimate of drug-likeness (QED) is 0.839. The molecule has 0 radical (unpaired) electrons. The maximum absolute atomic E-state index is 6.22. The Kier molecular flexibility index (Phi) is 6.06. The van der Waals surface area contributed by atoms with Crippen molar-refractivity contribution in [1.29, 1.82) is 0 Å². The minimum atomic E-state index is 0.190. The van der Waals surface area contributed by atoms with Gasteiger partial charge in [0.15, 0.2) is 0 Å². The third-order valence-corrected chi connectivity index (χ3v) is 4.80. The van der Waals surface area contributed by atoms with Crippen LogP contribution in [0.5, 0.6) is 0 Å². The number of hydrogen-bond acceptors (Lipinski definition) is 4. The van der Waals surface area contributed by atoms with E-state index in [2.05, 4.69) is 50.0 Å². The number of hydrogen-bond donors (Lipinski definition) is 1. The number of rotatable bonds is 5. The number of ether oxygens (including phenoxy) is 1. The third kappa shape index (κ3) is 5.85. The van der Waals surface area contributed by atoms with Crippen molar-refractivity contribution in [2.24, 2.45) is 0 Å². The molecule has 124 valence electrons. The lowest BCUT2D eigenvalue weighted by atomic mass is 10.0. The first-order valence-corrected chi connectivity index (χ1v) is 8.63. The highest BCUT2D eigenvalue weighted by Gasteiger charge is 2.29.